The summed E-state index contributed by atoms with van der Waals surface area (Å²) in [6, 6.07) is 19.7. The van der Waals surface area contributed by atoms with Crippen LogP contribution >= 0.6 is 23.2 Å². The molecule has 0 fully saturated rings. The van der Waals surface area contributed by atoms with Crippen molar-refractivity contribution in [3.8, 4) is 5.75 Å². The maximum atomic E-state index is 13.7. The van der Waals surface area contributed by atoms with Crippen LogP contribution in [0.25, 0.3) is 0 Å². The first kappa shape index (κ1) is 28.5. The topological polar surface area (TPSA) is 58.6 Å². The van der Waals surface area contributed by atoms with Crippen LogP contribution in [0.5, 0.6) is 5.75 Å². The maximum absolute atomic E-state index is 13.7. The van der Waals surface area contributed by atoms with Gasteiger partial charge in [-0.3, -0.25) is 9.59 Å². The normalized spacial score (nSPS) is 12.5. The molecule has 0 aromatic heterocycles. The summed E-state index contributed by atoms with van der Waals surface area (Å²) in [7, 11) is 0. The van der Waals surface area contributed by atoms with E-state index in [-0.39, 0.29) is 31.0 Å². The predicted molar refractivity (Wildman–Crippen MR) is 150 cm³/mol. The average molecular weight is 542 g/mol. The molecule has 0 aliphatic heterocycles. The molecule has 37 heavy (non-hydrogen) atoms. The van der Waals surface area contributed by atoms with Crippen LogP contribution < -0.4 is 10.1 Å². The SMILES string of the molecule is CC[C@@H](C)NC(=O)[C@@H](Cc1ccccc1)N(Cc1ccc(Cl)cc1Cl)C(=O)COc1ccc(C)c(C)c1. The molecule has 2 amide bonds. The molecule has 0 saturated heterocycles. The smallest absolute Gasteiger partial charge is 0.261 e. The molecule has 196 valence electrons. The quantitative estimate of drug-likeness (QED) is 0.300. The highest BCUT2D eigenvalue weighted by Crippen LogP contribution is 2.24. The number of amides is 2. The van der Waals surface area contributed by atoms with Gasteiger partial charge in [0.2, 0.25) is 5.91 Å². The number of carbonyl (C=O) groups is 2. The van der Waals surface area contributed by atoms with Gasteiger partial charge >= 0.3 is 0 Å². The molecule has 0 spiro atoms. The molecule has 0 bridgehead atoms. The predicted octanol–water partition coefficient (Wildman–Crippen LogP) is 6.54. The van der Waals surface area contributed by atoms with Crippen molar-refractivity contribution >= 4 is 35.0 Å². The second kappa shape index (κ2) is 13.5. The summed E-state index contributed by atoms with van der Waals surface area (Å²) < 4.78 is 5.88. The van der Waals surface area contributed by atoms with Crippen molar-refractivity contribution in [3.05, 3.63) is 99.0 Å². The summed E-state index contributed by atoms with van der Waals surface area (Å²) >= 11 is 12.6. The Morgan fingerprint density at radius 1 is 0.973 bits per heavy atom. The lowest BCUT2D eigenvalue weighted by Crippen LogP contribution is -2.53. The zero-order valence-electron chi connectivity index (χ0n) is 21.8. The Bertz CT molecular complexity index is 1220. The molecule has 0 heterocycles. The molecule has 0 aliphatic rings. The number of aryl methyl sites for hydroxylation is 2. The fourth-order valence-corrected chi connectivity index (χ4v) is 4.33. The van der Waals surface area contributed by atoms with Crippen molar-refractivity contribution in [2.45, 2.75) is 59.2 Å². The molecule has 3 rings (SSSR count). The summed E-state index contributed by atoms with van der Waals surface area (Å²) in [5.41, 5.74) is 3.86. The Morgan fingerprint density at radius 2 is 1.70 bits per heavy atom. The van der Waals surface area contributed by atoms with E-state index in [2.05, 4.69) is 5.32 Å². The number of hydrogen-bond acceptors (Lipinski definition) is 3. The molecule has 0 aliphatic carbocycles. The van der Waals surface area contributed by atoms with Gasteiger partial charge in [-0.15, -0.1) is 0 Å². The van der Waals surface area contributed by atoms with E-state index < -0.39 is 6.04 Å². The van der Waals surface area contributed by atoms with Crippen LogP contribution in [0.4, 0.5) is 0 Å². The standard InChI is InChI=1S/C30H34Cl2N2O3/c1-5-22(4)33-30(36)28(16-23-9-7-6-8-10-23)34(18-24-12-13-25(31)17-27(24)32)29(35)19-37-26-14-11-20(2)21(3)15-26/h6-15,17,22,28H,5,16,18-19H2,1-4H3,(H,33,36)/t22-,28-/m1/s1. The highest BCUT2D eigenvalue weighted by atomic mass is 35.5. The van der Waals surface area contributed by atoms with E-state index in [4.69, 9.17) is 27.9 Å². The summed E-state index contributed by atoms with van der Waals surface area (Å²) in [5.74, 6) is 0.0666. The zero-order valence-corrected chi connectivity index (χ0v) is 23.3. The van der Waals surface area contributed by atoms with Crippen LogP contribution in [0.1, 0.15) is 42.5 Å². The third kappa shape index (κ3) is 8.24. The molecular weight excluding hydrogens is 507 g/mol. The van der Waals surface area contributed by atoms with Crippen LogP contribution in [0, 0.1) is 13.8 Å². The van der Waals surface area contributed by atoms with Crippen molar-refractivity contribution in [2.24, 2.45) is 0 Å². The summed E-state index contributed by atoms with van der Waals surface area (Å²) in [6.07, 6.45) is 1.13. The molecule has 2 atom stereocenters. The lowest BCUT2D eigenvalue weighted by molar-refractivity contribution is -0.143. The number of nitrogens with one attached hydrogen (secondary N) is 1. The second-order valence-corrected chi connectivity index (χ2v) is 10.2. The van der Waals surface area contributed by atoms with E-state index in [1.165, 1.54) is 0 Å². The second-order valence-electron chi connectivity index (χ2n) is 9.32. The molecule has 5 nitrogen and oxygen atoms in total. The lowest BCUT2D eigenvalue weighted by Gasteiger charge is -2.32. The first-order chi connectivity index (χ1) is 17.7. The monoisotopic (exact) mass is 540 g/mol. The van der Waals surface area contributed by atoms with E-state index in [1.54, 1.807) is 23.1 Å². The van der Waals surface area contributed by atoms with Crippen LogP contribution in [0.15, 0.2) is 66.7 Å². The van der Waals surface area contributed by atoms with Gasteiger partial charge in [0.1, 0.15) is 11.8 Å². The molecule has 0 unspecified atom stereocenters. The third-order valence-corrected chi connectivity index (χ3v) is 7.06. The Balaban J connectivity index is 1.94. The van der Waals surface area contributed by atoms with Gasteiger partial charge in [-0.1, -0.05) is 72.6 Å². The molecule has 3 aromatic carbocycles. The number of carbonyl (C=O) groups excluding carboxylic acids is 2. The maximum Gasteiger partial charge on any atom is 0.261 e. The Labute approximate surface area is 229 Å². The van der Waals surface area contributed by atoms with Gasteiger partial charge in [0.15, 0.2) is 6.61 Å². The first-order valence-electron chi connectivity index (χ1n) is 12.5. The zero-order chi connectivity index (χ0) is 26.9. The van der Waals surface area contributed by atoms with Crippen LogP contribution in [0.3, 0.4) is 0 Å². The summed E-state index contributed by atoms with van der Waals surface area (Å²) in [6.45, 7) is 7.89. The molecule has 3 aromatic rings. The highest BCUT2D eigenvalue weighted by Gasteiger charge is 2.31. The van der Waals surface area contributed by atoms with E-state index in [1.807, 2.05) is 76.2 Å². The van der Waals surface area contributed by atoms with Gasteiger partial charge in [0.25, 0.3) is 5.91 Å². The number of halogens is 2. The Kier molecular flexibility index (Phi) is 10.4. The fraction of sp³-hybridized carbons (Fsp3) is 0.333. The molecular formula is C30H34Cl2N2O3. The average Bonchev–Trinajstić information content (AvgIpc) is 2.88. The molecule has 7 heteroatoms. The van der Waals surface area contributed by atoms with Crippen molar-refractivity contribution in [1.82, 2.24) is 10.2 Å². The minimum atomic E-state index is -0.765. The van der Waals surface area contributed by atoms with Gasteiger partial charge in [-0.05, 0) is 73.7 Å². The van der Waals surface area contributed by atoms with Gasteiger partial charge in [-0.2, -0.15) is 0 Å². The van der Waals surface area contributed by atoms with Crippen molar-refractivity contribution in [1.29, 1.82) is 0 Å². The van der Waals surface area contributed by atoms with Crippen LogP contribution in [-0.2, 0) is 22.6 Å². The summed E-state index contributed by atoms with van der Waals surface area (Å²) in [5, 5.41) is 3.99. The third-order valence-electron chi connectivity index (χ3n) is 6.47. The number of hydrogen-bond donors (Lipinski definition) is 1. The number of rotatable bonds is 11. The van der Waals surface area contributed by atoms with Gasteiger partial charge in [0, 0.05) is 29.1 Å². The molecule has 1 N–H and O–H groups in total. The van der Waals surface area contributed by atoms with E-state index in [9.17, 15) is 9.59 Å². The Hall–Kier alpha value is -3.02. The van der Waals surface area contributed by atoms with Gasteiger partial charge < -0.3 is 15.0 Å². The fourth-order valence-electron chi connectivity index (χ4n) is 3.86. The lowest BCUT2D eigenvalue weighted by atomic mass is 10.0. The molecule has 0 saturated carbocycles. The number of ether oxygens (including phenoxy) is 1. The van der Waals surface area contributed by atoms with Crippen LogP contribution in [0.2, 0.25) is 10.0 Å². The van der Waals surface area contributed by atoms with E-state index >= 15 is 0 Å². The minimum Gasteiger partial charge on any atom is -0.484 e. The minimum absolute atomic E-state index is 0.0337. The summed E-state index contributed by atoms with van der Waals surface area (Å²) in [4.78, 5) is 28.8. The largest absolute Gasteiger partial charge is 0.484 e. The molecule has 0 radical (unpaired) electrons. The first-order valence-corrected chi connectivity index (χ1v) is 13.2. The van der Waals surface area contributed by atoms with Crippen molar-refractivity contribution in [3.63, 3.8) is 0 Å². The van der Waals surface area contributed by atoms with E-state index in [0.29, 0.717) is 27.8 Å². The van der Waals surface area contributed by atoms with Crippen molar-refractivity contribution in [2.75, 3.05) is 6.61 Å². The van der Waals surface area contributed by atoms with Crippen LogP contribution in [-0.4, -0.2) is 35.4 Å². The number of nitrogens with zero attached hydrogens (tertiary/aromatic N) is 1. The van der Waals surface area contributed by atoms with Crippen molar-refractivity contribution < 1.29 is 14.3 Å². The Morgan fingerprint density at radius 3 is 2.35 bits per heavy atom. The van der Waals surface area contributed by atoms with Gasteiger partial charge in [-0.25, -0.2) is 0 Å². The number of benzene rings is 3. The van der Waals surface area contributed by atoms with Gasteiger partial charge in [0.05, 0.1) is 0 Å². The highest BCUT2D eigenvalue weighted by molar-refractivity contribution is 6.35. The van der Waals surface area contributed by atoms with E-state index in [0.717, 1.165) is 23.1 Å².